The highest BCUT2D eigenvalue weighted by Crippen LogP contribution is 2.18. The lowest BCUT2D eigenvalue weighted by Gasteiger charge is -2.30. The van der Waals surface area contributed by atoms with Gasteiger partial charge in [-0.1, -0.05) is 30.3 Å². The molecule has 0 aromatic heterocycles. The van der Waals surface area contributed by atoms with Crippen molar-refractivity contribution in [1.82, 2.24) is 10.2 Å². The van der Waals surface area contributed by atoms with Crippen LogP contribution in [0.4, 0.5) is 0 Å². The van der Waals surface area contributed by atoms with Gasteiger partial charge in [0.25, 0.3) is 0 Å². The molecule has 0 radical (unpaired) electrons. The molecule has 2 aliphatic heterocycles. The van der Waals surface area contributed by atoms with Gasteiger partial charge in [-0.3, -0.25) is 10.1 Å². The molecule has 2 aliphatic rings. The first kappa shape index (κ1) is 12.6. The fourth-order valence-electron chi connectivity index (χ4n) is 2.86. The summed E-state index contributed by atoms with van der Waals surface area (Å²) >= 11 is 0. The molecule has 0 saturated carbocycles. The lowest BCUT2D eigenvalue weighted by atomic mass is 10.0. The van der Waals surface area contributed by atoms with Crippen molar-refractivity contribution >= 4 is 5.91 Å². The topological polar surface area (TPSA) is 41.6 Å². The molecule has 19 heavy (non-hydrogen) atoms. The highest BCUT2D eigenvalue weighted by Gasteiger charge is 2.36. The highest BCUT2D eigenvalue weighted by atomic mass is 16.5. The van der Waals surface area contributed by atoms with E-state index >= 15 is 0 Å². The highest BCUT2D eigenvalue weighted by molar-refractivity contribution is 5.84. The van der Waals surface area contributed by atoms with Gasteiger partial charge in [0.05, 0.1) is 25.4 Å². The quantitative estimate of drug-likeness (QED) is 0.887. The van der Waals surface area contributed by atoms with E-state index in [4.69, 9.17) is 4.74 Å². The van der Waals surface area contributed by atoms with Crippen molar-refractivity contribution in [3.8, 4) is 0 Å². The fourth-order valence-corrected chi connectivity index (χ4v) is 2.86. The summed E-state index contributed by atoms with van der Waals surface area (Å²) in [7, 11) is 0. The summed E-state index contributed by atoms with van der Waals surface area (Å²) in [6.45, 7) is 2.18. The monoisotopic (exact) mass is 260 g/mol. The normalized spacial score (nSPS) is 27.8. The Morgan fingerprint density at radius 1 is 1.32 bits per heavy atom. The Balaban J connectivity index is 1.62. The lowest BCUT2D eigenvalue weighted by molar-refractivity contribution is -0.133. The van der Waals surface area contributed by atoms with Crippen LogP contribution < -0.4 is 5.32 Å². The largest absolute Gasteiger partial charge is 0.379 e. The summed E-state index contributed by atoms with van der Waals surface area (Å²) in [5.74, 6) is 0.222. The van der Waals surface area contributed by atoms with Crippen LogP contribution in [0.3, 0.4) is 0 Å². The Morgan fingerprint density at radius 2 is 2.16 bits per heavy atom. The standard InChI is InChI=1S/C15H20N2O2/c18-15-14(9-12-5-2-1-3-6-12)16-11-17(15)13-7-4-8-19-10-13/h1-3,5-6,13-14,16H,4,7-11H2. The predicted molar refractivity (Wildman–Crippen MR) is 72.6 cm³/mol. The molecule has 2 atom stereocenters. The van der Waals surface area contributed by atoms with Gasteiger partial charge in [-0.2, -0.15) is 0 Å². The zero-order valence-electron chi connectivity index (χ0n) is 11.0. The van der Waals surface area contributed by atoms with Crippen LogP contribution >= 0.6 is 0 Å². The van der Waals surface area contributed by atoms with Gasteiger partial charge in [0, 0.05) is 6.61 Å². The Labute approximate surface area is 113 Å². The smallest absolute Gasteiger partial charge is 0.241 e. The molecular formula is C15H20N2O2. The van der Waals surface area contributed by atoms with Gasteiger partial charge in [-0.25, -0.2) is 0 Å². The molecule has 1 aromatic rings. The van der Waals surface area contributed by atoms with E-state index in [1.54, 1.807) is 0 Å². The molecule has 102 valence electrons. The van der Waals surface area contributed by atoms with E-state index in [0.717, 1.165) is 25.9 Å². The van der Waals surface area contributed by atoms with E-state index in [1.165, 1.54) is 5.56 Å². The number of ether oxygens (including phenoxy) is 1. The molecular weight excluding hydrogens is 240 g/mol. The van der Waals surface area contributed by atoms with Crippen molar-refractivity contribution in [3.05, 3.63) is 35.9 Å². The summed E-state index contributed by atoms with van der Waals surface area (Å²) in [5.41, 5.74) is 1.20. The van der Waals surface area contributed by atoms with Gasteiger partial charge >= 0.3 is 0 Å². The molecule has 0 bridgehead atoms. The third-order valence-corrected chi connectivity index (χ3v) is 3.95. The second kappa shape index (κ2) is 5.72. The molecule has 2 heterocycles. The molecule has 1 N–H and O–H groups in total. The number of nitrogens with one attached hydrogen (secondary N) is 1. The molecule has 2 fully saturated rings. The van der Waals surface area contributed by atoms with Gasteiger partial charge in [0.2, 0.25) is 5.91 Å². The summed E-state index contributed by atoms with van der Waals surface area (Å²) in [4.78, 5) is 14.4. The molecule has 2 saturated heterocycles. The minimum Gasteiger partial charge on any atom is -0.379 e. The average molecular weight is 260 g/mol. The molecule has 0 spiro atoms. The average Bonchev–Trinajstić information content (AvgIpc) is 2.82. The molecule has 0 aliphatic carbocycles. The Morgan fingerprint density at radius 3 is 2.89 bits per heavy atom. The third-order valence-electron chi connectivity index (χ3n) is 3.95. The van der Waals surface area contributed by atoms with Gasteiger partial charge in [0.15, 0.2) is 0 Å². The first-order chi connectivity index (χ1) is 9.34. The summed E-state index contributed by atoms with van der Waals surface area (Å²) in [6.07, 6.45) is 2.88. The Hall–Kier alpha value is -1.39. The first-order valence-electron chi connectivity index (χ1n) is 7.00. The molecule has 1 aromatic carbocycles. The summed E-state index contributed by atoms with van der Waals surface area (Å²) in [5, 5.41) is 3.32. The number of amides is 1. The lowest BCUT2D eigenvalue weighted by Crippen LogP contribution is -2.43. The second-order valence-corrected chi connectivity index (χ2v) is 5.28. The van der Waals surface area contributed by atoms with Crippen LogP contribution in [0.1, 0.15) is 18.4 Å². The predicted octanol–water partition coefficient (Wildman–Crippen LogP) is 1.17. The number of nitrogens with zero attached hydrogens (tertiary/aromatic N) is 1. The maximum Gasteiger partial charge on any atom is 0.241 e. The Bertz CT molecular complexity index is 429. The van der Waals surface area contributed by atoms with Crippen molar-refractivity contribution in [1.29, 1.82) is 0 Å². The van der Waals surface area contributed by atoms with E-state index in [-0.39, 0.29) is 18.0 Å². The van der Waals surface area contributed by atoms with Crippen molar-refractivity contribution in [2.24, 2.45) is 0 Å². The molecule has 4 heteroatoms. The minimum atomic E-state index is -0.0793. The SMILES string of the molecule is O=C1C(Cc2ccccc2)NCN1C1CCCOC1. The van der Waals surface area contributed by atoms with Crippen LogP contribution in [0.5, 0.6) is 0 Å². The number of rotatable bonds is 3. The van der Waals surface area contributed by atoms with E-state index < -0.39 is 0 Å². The molecule has 3 rings (SSSR count). The molecule has 2 unspecified atom stereocenters. The van der Waals surface area contributed by atoms with Crippen molar-refractivity contribution in [2.45, 2.75) is 31.3 Å². The number of benzene rings is 1. The van der Waals surface area contributed by atoms with Crippen LogP contribution in [0.2, 0.25) is 0 Å². The van der Waals surface area contributed by atoms with E-state index in [0.29, 0.717) is 13.3 Å². The fraction of sp³-hybridized carbons (Fsp3) is 0.533. The van der Waals surface area contributed by atoms with Crippen LogP contribution in [-0.4, -0.2) is 42.8 Å². The summed E-state index contributed by atoms with van der Waals surface area (Å²) < 4.78 is 5.47. The van der Waals surface area contributed by atoms with Crippen molar-refractivity contribution in [3.63, 3.8) is 0 Å². The van der Waals surface area contributed by atoms with Crippen LogP contribution in [0.25, 0.3) is 0 Å². The maximum absolute atomic E-state index is 12.4. The van der Waals surface area contributed by atoms with Gasteiger partial charge < -0.3 is 9.64 Å². The van der Waals surface area contributed by atoms with Crippen LogP contribution in [-0.2, 0) is 16.0 Å². The number of carbonyl (C=O) groups excluding carboxylic acids is 1. The number of carbonyl (C=O) groups is 1. The number of hydrogen-bond donors (Lipinski definition) is 1. The van der Waals surface area contributed by atoms with Gasteiger partial charge in [-0.15, -0.1) is 0 Å². The van der Waals surface area contributed by atoms with E-state index in [2.05, 4.69) is 17.4 Å². The first-order valence-corrected chi connectivity index (χ1v) is 7.00. The van der Waals surface area contributed by atoms with Gasteiger partial charge in [0.1, 0.15) is 0 Å². The maximum atomic E-state index is 12.4. The number of hydrogen-bond acceptors (Lipinski definition) is 3. The van der Waals surface area contributed by atoms with Crippen molar-refractivity contribution in [2.75, 3.05) is 19.9 Å². The summed E-state index contributed by atoms with van der Waals surface area (Å²) in [6, 6.07) is 10.4. The van der Waals surface area contributed by atoms with E-state index in [9.17, 15) is 4.79 Å². The molecule has 4 nitrogen and oxygen atoms in total. The zero-order valence-corrected chi connectivity index (χ0v) is 11.0. The van der Waals surface area contributed by atoms with Crippen LogP contribution in [0, 0.1) is 0 Å². The van der Waals surface area contributed by atoms with Gasteiger partial charge in [-0.05, 0) is 24.8 Å². The Kier molecular flexibility index (Phi) is 3.80. The molecule has 1 amide bonds. The van der Waals surface area contributed by atoms with E-state index in [1.807, 2.05) is 23.1 Å². The third kappa shape index (κ3) is 2.80. The van der Waals surface area contributed by atoms with Crippen LogP contribution in [0.15, 0.2) is 30.3 Å². The van der Waals surface area contributed by atoms with Crippen molar-refractivity contribution < 1.29 is 9.53 Å². The zero-order chi connectivity index (χ0) is 13.1. The minimum absolute atomic E-state index is 0.0793. The second-order valence-electron chi connectivity index (χ2n) is 5.28.